The van der Waals surface area contributed by atoms with Crippen molar-refractivity contribution in [2.24, 2.45) is 0 Å². The van der Waals surface area contributed by atoms with Gasteiger partial charge >= 0.3 is 0 Å². The summed E-state index contributed by atoms with van der Waals surface area (Å²) in [5.41, 5.74) is 0. The lowest BCUT2D eigenvalue weighted by molar-refractivity contribution is -0.0799. The van der Waals surface area contributed by atoms with Crippen molar-refractivity contribution in [2.45, 2.75) is 5.12 Å². The van der Waals surface area contributed by atoms with Crippen LogP contribution in [0, 0.1) is 0 Å². The van der Waals surface area contributed by atoms with E-state index in [0.717, 1.165) is 0 Å². The second kappa shape index (κ2) is 2.34. The Balaban J connectivity index is 2.60. The minimum Gasteiger partial charge on any atom is -0.354 e. The first-order chi connectivity index (χ1) is 4.13. The van der Waals surface area contributed by atoms with Crippen molar-refractivity contribution in [3.63, 3.8) is 0 Å². The molecule has 0 saturated carbocycles. The van der Waals surface area contributed by atoms with Crippen LogP contribution in [-0.4, -0.2) is 38.4 Å². The second-order valence-electron chi connectivity index (χ2n) is 1.97. The van der Waals surface area contributed by atoms with Crippen LogP contribution in [0.4, 0.5) is 0 Å². The molecule has 0 aliphatic carbocycles. The van der Waals surface area contributed by atoms with Crippen molar-refractivity contribution in [1.82, 2.24) is 5.32 Å². The van der Waals surface area contributed by atoms with Crippen LogP contribution in [0.15, 0.2) is 0 Å². The fourth-order valence-electron chi connectivity index (χ4n) is 0.660. The summed E-state index contributed by atoms with van der Waals surface area (Å²) in [7, 11) is -1.50. The minimum atomic E-state index is -2.00. The largest absolute Gasteiger partial charge is 0.354 e. The van der Waals surface area contributed by atoms with E-state index in [1.54, 1.807) is 0 Å². The summed E-state index contributed by atoms with van der Waals surface area (Å²) in [6, 6.07) is 0. The zero-order valence-electron chi connectivity index (χ0n) is 4.83. The van der Waals surface area contributed by atoms with E-state index in [1.807, 2.05) is 0 Å². The van der Waals surface area contributed by atoms with E-state index in [0.29, 0.717) is 12.3 Å². The Morgan fingerprint density at radius 1 is 1.56 bits per heavy atom. The van der Waals surface area contributed by atoms with Crippen molar-refractivity contribution in [3.05, 3.63) is 0 Å². The minimum absolute atomic E-state index is 0.000386. The van der Waals surface area contributed by atoms with Crippen LogP contribution in [0.25, 0.3) is 0 Å². The predicted octanol–water partition coefficient (Wildman–Crippen LogP) is -2.02. The molecule has 1 aliphatic heterocycles. The van der Waals surface area contributed by atoms with Gasteiger partial charge in [-0.3, -0.25) is 4.21 Å². The molecule has 9 heavy (non-hydrogen) atoms. The summed E-state index contributed by atoms with van der Waals surface area (Å²) in [5.74, 6) is 0.312. The molecule has 0 aromatic rings. The first-order valence-corrected chi connectivity index (χ1v) is 3.99. The van der Waals surface area contributed by atoms with Gasteiger partial charge in [0.15, 0.2) is 0 Å². The van der Waals surface area contributed by atoms with Gasteiger partial charge in [-0.05, 0) is 0 Å². The molecule has 1 rings (SSSR count). The Morgan fingerprint density at radius 2 is 2.22 bits per heavy atom. The number of hydrogen-bond acceptors (Lipinski definition) is 4. The van der Waals surface area contributed by atoms with Crippen molar-refractivity contribution in [2.75, 3.05) is 18.8 Å². The molecule has 0 radical (unpaired) electrons. The molecule has 1 atom stereocenters. The van der Waals surface area contributed by atoms with E-state index < -0.39 is 15.9 Å². The number of aliphatic hydroxyl groups is 2. The quantitative estimate of drug-likeness (QED) is 0.349. The van der Waals surface area contributed by atoms with Crippen LogP contribution in [0.2, 0.25) is 0 Å². The molecule has 0 aromatic heterocycles. The molecular weight excluding hydrogens is 142 g/mol. The first kappa shape index (κ1) is 7.14. The van der Waals surface area contributed by atoms with Crippen LogP contribution in [0.3, 0.4) is 0 Å². The third kappa shape index (κ3) is 1.48. The van der Waals surface area contributed by atoms with Gasteiger partial charge in [-0.2, -0.15) is 0 Å². The number of β-amino-alcohol motifs (C(OH)–C–C–N with tert-alkyl or cyclic N) is 2. The molecule has 0 bridgehead atoms. The molecule has 0 amide bonds. The maximum atomic E-state index is 10.7. The molecule has 4 nitrogen and oxygen atoms in total. The third-order valence-corrected chi connectivity index (χ3v) is 2.63. The lowest BCUT2D eigenvalue weighted by Gasteiger charge is -2.25. The van der Waals surface area contributed by atoms with Crippen LogP contribution >= 0.6 is 0 Å². The highest BCUT2D eigenvalue weighted by Gasteiger charge is 2.33. The maximum Gasteiger partial charge on any atom is 0.255 e. The summed E-state index contributed by atoms with van der Waals surface area (Å²) in [6.45, 7) is 0.592. The highest BCUT2D eigenvalue weighted by Crippen LogP contribution is 2.07. The lowest BCUT2D eigenvalue weighted by atomic mass is 10.5. The summed E-state index contributed by atoms with van der Waals surface area (Å²) in [4.78, 5) is 0. The summed E-state index contributed by atoms with van der Waals surface area (Å²) in [6.07, 6.45) is 0. The predicted molar refractivity (Wildman–Crippen MR) is 33.0 cm³/mol. The number of hydrogen-bond donors (Lipinski definition) is 3. The molecule has 1 saturated heterocycles. The van der Waals surface area contributed by atoms with Gasteiger partial charge in [0.2, 0.25) is 0 Å². The first-order valence-electron chi connectivity index (χ1n) is 2.67. The number of nitrogens with one attached hydrogen (secondary N) is 1. The smallest absolute Gasteiger partial charge is 0.255 e. The average molecular weight is 151 g/mol. The Morgan fingerprint density at radius 3 is 2.56 bits per heavy atom. The standard InChI is InChI=1S/C4H9NO3S/c6-4(7)3-5-1-2-9(4)8/h5-7H,1-3H2. The topological polar surface area (TPSA) is 69.6 Å². The van der Waals surface area contributed by atoms with Gasteiger partial charge in [0.25, 0.3) is 5.12 Å². The van der Waals surface area contributed by atoms with Crippen LogP contribution in [-0.2, 0) is 10.8 Å². The van der Waals surface area contributed by atoms with Gasteiger partial charge in [0, 0.05) is 12.3 Å². The van der Waals surface area contributed by atoms with Crippen LogP contribution in [0.5, 0.6) is 0 Å². The number of rotatable bonds is 0. The van der Waals surface area contributed by atoms with E-state index in [1.165, 1.54) is 0 Å². The summed E-state index contributed by atoms with van der Waals surface area (Å²) < 4.78 is 10.7. The van der Waals surface area contributed by atoms with Crippen molar-refractivity contribution in [1.29, 1.82) is 0 Å². The van der Waals surface area contributed by atoms with Gasteiger partial charge in [0.05, 0.1) is 17.3 Å². The van der Waals surface area contributed by atoms with Gasteiger partial charge in [0.1, 0.15) is 0 Å². The third-order valence-electron chi connectivity index (χ3n) is 1.18. The Kier molecular flexibility index (Phi) is 1.85. The maximum absolute atomic E-state index is 10.7. The fourth-order valence-corrected chi connectivity index (χ4v) is 1.58. The molecule has 1 aliphatic rings. The molecule has 5 heteroatoms. The van der Waals surface area contributed by atoms with Gasteiger partial charge in [-0.25, -0.2) is 0 Å². The van der Waals surface area contributed by atoms with E-state index in [-0.39, 0.29) is 6.54 Å². The van der Waals surface area contributed by atoms with E-state index in [9.17, 15) is 4.21 Å². The van der Waals surface area contributed by atoms with Crippen molar-refractivity contribution in [3.8, 4) is 0 Å². The highest BCUT2D eigenvalue weighted by atomic mass is 32.2. The Bertz CT molecular complexity index is 136. The Hall–Kier alpha value is 0.0300. The van der Waals surface area contributed by atoms with Gasteiger partial charge < -0.3 is 15.5 Å². The second-order valence-corrected chi connectivity index (χ2v) is 3.72. The van der Waals surface area contributed by atoms with Crippen molar-refractivity contribution < 1.29 is 14.4 Å². The molecule has 3 N–H and O–H groups in total. The molecule has 0 spiro atoms. The van der Waals surface area contributed by atoms with E-state index >= 15 is 0 Å². The normalized spacial score (nSPS) is 34.2. The van der Waals surface area contributed by atoms with E-state index in [2.05, 4.69) is 5.32 Å². The molecule has 54 valence electrons. The fraction of sp³-hybridized carbons (Fsp3) is 1.00. The van der Waals surface area contributed by atoms with Gasteiger partial charge in [-0.15, -0.1) is 0 Å². The Labute approximate surface area is 55.3 Å². The zero-order valence-corrected chi connectivity index (χ0v) is 5.65. The molecule has 1 heterocycles. The summed E-state index contributed by atoms with van der Waals surface area (Å²) in [5, 5.41) is 18.4. The van der Waals surface area contributed by atoms with Gasteiger partial charge in [-0.1, -0.05) is 0 Å². The molecule has 0 aromatic carbocycles. The zero-order chi connectivity index (χ0) is 6.91. The van der Waals surface area contributed by atoms with Crippen LogP contribution < -0.4 is 5.32 Å². The lowest BCUT2D eigenvalue weighted by Crippen LogP contribution is -2.51. The molecule has 1 fully saturated rings. The average Bonchev–Trinajstić information content (AvgIpc) is 1.77. The monoisotopic (exact) mass is 151 g/mol. The van der Waals surface area contributed by atoms with Crippen LogP contribution in [0.1, 0.15) is 0 Å². The molecular formula is C4H9NO3S. The highest BCUT2D eigenvalue weighted by molar-refractivity contribution is 7.86. The van der Waals surface area contributed by atoms with E-state index in [4.69, 9.17) is 10.2 Å². The molecule has 1 unspecified atom stereocenters. The summed E-state index contributed by atoms with van der Waals surface area (Å²) >= 11 is 0. The SMILES string of the molecule is O=S1CCNCC1(O)O. The van der Waals surface area contributed by atoms with Crippen molar-refractivity contribution >= 4 is 10.8 Å².